The Hall–Kier alpha value is -3.60. The molecule has 0 saturated heterocycles. The molecule has 0 aromatic heterocycles. The summed E-state index contributed by atoms with van der Waals surface area (Å²) in [4.78, 5) is 24.8. The lowest BCUT2D eigenvalue weighted by molar-refractivity contribution is 0.0733. The molecule has 0 fully saturated rings. The third kappa shape index (κ3) is 4.33. The highest BCUT2D eigenvalue weighted by Gasteiger charge is 2.16. The molecule has 1 amide bonds. The molecule has 0 aliphatic rings. The van der Waals surface area contributed by atoms with Crippen LogP contribution in [0.1, 0.15) is 26.3 Å². The van der Waals surface area contributed by atoms with Crippen LogP contribution in [0.2, 0.25) is 0 Å². The zero-order valence-electron chi connectivity index (χ0n) is 15.1. The second-order valence-corrected chi connectivity index (χ2v) is 5.89. The molecule has 0 atom stereocenters. The van der Waals surface area contributed by atoms with Gasteiger partial charge in [-0.2, -0.15) is 0 Å². The Morgan fingerprint density at radius 2 is 1.41 bits per heavy atom. The topological polar surface area (TPSA) is 64.6 Å². The Bertz CT molecular complexity index is 953. The Labute approximate surface area is 157 Å². The van der Waals surface area contributed by atoms with E-state index in [1.165, 1.54) is 7.11 Å². The number of ether oxygens (including phenoxy) is 2. The first-order chi connectivity index (χ1) is 13.1. The summed E-state index contributed by atoms with van der Waals surface area (Å²) in [6, 6.07) is 20.9. The van der Waals surface area contributed by atoms with E-state index in [2.05, 4.69) is 5.32 Å². The Morgan fingerprint density at radius 1 is 0.815 bits per heavy atom. The van der Waals surface area contributed by atoms with Crippen molar-refractivity contribution in [2.75, 3.05) is 12.4 Å². The van der Waals surface area contributed by atoms with Gasteiger partial charge in [-0.15, -0.1) is 0 Å². The number of hydrogen-bond acceptors (Lipinski definition) is 4. The highest BCUT2D eigenvalue weighted by atomic mass is 16.5. The molecule has 0 bridgehead atoms. The summed E-state index contributed by atoms with van der Waals surface area (Å²) in [7, 11) is 1.52. The highest BCUT2D eigenvalue weighted by Crippen LogP contribution is 2.33. The van der Waals surface area contributed by atoms with Gasteiger partial charge in [-0.05, 0) is 42.8 Å². The average Bonchev–Trinajstić information content (AvgIpc) is 2.71. The van der Waals surface area contributed by atoms with Crippen LogP contribution in [0.5, 0.6) is 11.5 Å². The molecule has 5 heteroatoms. The zero-order valence-corrected chi connectivity index (χ0v) is 15.1. The van der Waals surface area contributed by atoms with Gasteiger partial charge in [0.1, 0.15) is 11.5 Å². The number of esters is 1. The fourth-order valence-electron chi connectivity index (χ4n) is 2.56. The fraction of sp³-hybridized carbons (Fsp3) is 0.0909. The molecule has 0 aliphatic heterocycles. The normalized spacial score (nSPS) is 10.1. The van der Waals surface area contributed by atoms with E-state index in [0.717, 1.165) is 0 Å². The van der Waals surface area contributed by atoms with Gasteiger partial charge >= 0.3 is 5.97 Å². The highest BCUT2D eigenvalue weighted by molar-refractivity contribution is 6.05. The van der Waals surface area contributed by atoms with Gasteiger partial charge in [0.2, 0.25) is 0 Å². The van der Waals surface area contributed by atoms with E-state index in [1.807, 2.05) is 12.1 Å². The summed E-state index contributed by atoms with van der Waals surface area (Å²) < 4.78 is 10.9. The first kappa shape index (κ1) is 18.2. The number of benzene rings is 3. The van der Waals surface area contributed by atoms with Crippen LogP contribution in [0, 0.1) is 6.92 Å². The maximum Gasteiger partial charge on any atom is 0.343 e. The molecule has 136 valence electrons. The number of methoxy groups -OCH3 is 1. The van der Waals surface area contributed by atoms with E-state index in [4.69, 9.17) is 9.47 Å². The SMILES string of the molecule is COc1cc(C)c(OC(=O)c2ccccc2)cc1NC(=O)c1ccccc1. The molecule has 3 aromatic rings. The molecule has 0 spiro atoms. The monoisotopic (exact) mass is 361 g/mol. The van der Waals surface area contributed by atoms with Crippen LogP contribution >= 0.6 is 0 Å². The zero-order chi connectivity index (χ0) is 19.2. The van der Waals surface area contributed by atoms with E-state index >= 15 is 0 Å². The van der Waals surface area contributed by atoms with Crippen molar-refractivity contribution in [3.8, 4) is 11.5 Å². The van der Waals surface area contributed by atoms with Gasteiger partial charge in [0.25, 0.3) is 5.91 Å². The van der Waals surface area contributed by atoms with Crippen LogP contribution in [0.3, 0.4) is 0 Å². The van der Waals surface area contributed by atoms with Crippen molar-refractivity contribution >= 4 is 17.6 Å². The van der Waals surface area contributed by atoms with Crippen molar-refractivity contribution in [2.24, 2.45) is 0 Å². The summed E-state index contributed by atoms with van der Waals surface area (Å²) in [6.07, 6.45) is 0. The molecule has 0 aliphatic carbocycles. The van der Waals surface area contributed by atoms with Gasteiger partial charge < -0.3 is 14.8 Å². The number of nitrogens with one attached hydrogen (secondary N) is 1. The van der Waals surface area contributed by atoms with Crippen molar-refractivity contribution in [3.05, 3.63) is 89.5 Å². The van der Waals surface area contributed by atoms with Crippen molar-refractivity contribution in [1.82, 2.24) is 0 Å². The molecule has 3 rings (SSSR count). The summed E-state index contributed by atoms with van der Waals surface area (Å²) >= 11 is 0. The minimum atomic E-state index is -0.468. The predicted molar refractivity (Wildman–Crippen MR) is 104 cm³/mol. The number of carbonyl (C=O) groups is 2. The van der Waals surface area contributed by atoms with E-state index in [-0.39, 0.29) is 5.91 Å². The summed E-state index contributed by atoms with van der Waals surface area (Å²) in [5.41, 5.74) is 2.10. The number of carbonyl (C=O) groups excluding carboxylic acids is 2. The van der Waals surface area contributed by atoms with E-state index < -0.39 is 5.97 Å². The third-order valence-corrected chi connectivity index (χ3v) is 3.99. The number of rotatable bonds is 5. The molecular weight excluding hydrogens is 342 g/mol. The van der Waals surface area contributed by atoms with Gasteiger partial charge in [-0.1, -0.05) is 36.4 Å². The van der Waals surface area contributed by atoms with Crippen molar-refractivity contribution in [3.63, 3.8) is 0 Å². The van der Waals surface area contributed by atoms with Crippen LogP contribution in [-0.4, -0.2) is 19.0 Å². The van der Waals surface area contributed by atoms with Gasteiger partial charge in [-0.25, -0.2) is 4.79 Å². The van der Waals surface area contributed by atoms with E-state index in [1.54, 1.807) is 67.6 Å². The molecule has 5 nitrogen and oxygen atoms in total. The number of hydrogen-bond donors (Lipinski definition) is 1. The largest absolute Gasteiger partial charge is 0.495 e. The summed E-state index contributed by atoms with van der Waals surface area (Å²) in [6.45, 7) is 1.80. The average molecular weight is 361 g/mol. The minimum Gasteiger partial charge on any atom is -0.495 e. The molecule has 3 aromatic carbocycles. The minimum absolute atomic E-state index is 0.280. The first-order valence-corrected chi connectivity index (χ1v) is 8.40. The molecule has 27 heavy (non-hydrogen) atoms. The number of aryl methyl sites for hydroxylation is 1. The van der Waals surface area contributed by atoms with E-state index in [0.29, 0.717) is 33.9 Å². The third-order valence-electron chi connectivity index (χ3n) is 3.99. The van der Waals surface area contributed by atoms with Crippen LogP contribution in [0.25, 0.3) is 0 Å². The van der Waals surface area contributed by atoms with Gasteiger partial charge in [0.05, 0.1) is 18.4 Å². The lowest BCUT2D eigenvalue weighted by Crippen LogP contribution is -2.14. The maximum atomic E-state index is 12.4. The first-order valence-electron chi connectivity index (χ1n) is 8.40. The van der Waals surface area contributed by atoms with Crippen LogP contribution < -0.4 is 14.8 Å². The Balaban J connectivity index is 1.87. The molecule has 1 N–H and O–H groups in total. The predicted octanol–water partition coefficient (Wildman–Crippen LogP) is 4.48. The van der Waals surface area contributed by atoms with Crippen molar-refractivity contribution in [2.45, 2.75) is 6.92 Å². The van der Waals surface area contributed by atoms with Gasteiger partial charge in [0.15, 0.2) is 0 Å². The second kappa shape index (κ2) is 8.19. The molecule has 0 saturated carbocycles. The quantitative estimate of drug-likeness (QED) is 0.538. The molecule has 0 radical (unpaired) electrons. The lowest BCUT2D eigenvalue weighted by atomic mass is 10.1. The molecule has 0 heterocycles. The van der Waals surface area contributed by atoms with Crippen LogP contribution in [0.4, 0.5) is 5.69 Å². The van der Waals surface area contributed by atoms with Crippen LogP contribution in [-0.2, 0) is 0 Å². The van der Waals surface area contributed by atoms with Gasteiger partial charge in [-0.3, -0.25) is 4.79 Å². The second-order valence-electron chi connectivity index (χ2n) is 5.89. The summed E-state index contributed by atoms with van der Waals surface area (Å²) in [5.74, 6) is 0.0894. The van der Waals surface area contributed by atoms with Crippen LogP contribution in [0.15, 0.2) is 72.8 Å². The molecular formula is C22H19NO4. The Morgan fingerprint density at radius 3 is 2.00 bits per heavy atom. The summed E-state index contributed by atoms with van der Waals surface area (Å²) in [5, 5.41) is 2.80. The standard InChI is InChI=1S/C22H19NO4/c1-15-13-20(26-2)18(23-21(24)16-9-5-3-6-10-16)14-19(15)27-22(25)17-11-7-4-8-12-17/h3-14H,1-2H3,(H,23,24). The smallest absolute Gasteiger partial charge is 0.343 e. The van der Waals surface area contributed by atoms with E-state index in [9.17, 15) is 9.59 Å². The Kier molecular flexibility index (Phi) is 5.52. The van der Waals surface area contributed by atoms with Crippen molar-refractivity contribution < 1.29 is 19.1 Å². The number of anilines is 1. The molecule has 0 unspecified atom stereocenters. The van der Waals surface area contributed by atoms with Crippen molar-refractivity contribution in [1.29, 1.82) is 0 Å². The van der Waals surface area contributed by atoms with Gasteiger partial charge in [0, 0.05) is 11.6 Å². The fourth-order valence-corrected chi connectivity index (χ4v) is 2.56. The maximum absolute atomic E-state index is 12.4. The lowest BCUT2D eigenvalue weighted by Gasteiger charge is -2.14. The number of amides is 1.